The number of carbonyl (C=O) groups excluding carboxylic acids is 1. The summed E-state index contributed by atoms with van der Waals surface area (Å²) in [6.45, 7) is 5.62. The predicted octanol–water partition coefficient (Wildman–Crippen LogP) is 2.33. The smallest absolute Gasteiger partial charge is 0.287 e. The van der Waals surface area contributed by atoms with Crippen molar-refractivity contribution in [3.63, 3.8) is 0 Å². The van der Waals surface area contributed by atoms with Crippen LogP contribution in [0.5, 0.6) is 0 Å². The van der Waals surface area contributed by atoms with Crippen molar-refractivity contribution in [3.05, 3.63) is 53.8 Å². The Morgan fingerprint density at radius 2 is 1.75 bits per heavy atom. The minimum absolute atomic E-state index is 0.0302. The monoisotopic (exact) mass is 350 g/mol. The molecule has 6 nitrogen and oxygen atoms in total. The molecule has 0 unspecified atom stereocenters. The van der Waals surface area contributed by atoms with Crippen LogP contribution in [0, 0.1) is 0 Å². The first-order valence-electron chi connectivity index (χ1n) is 7.63. The normalized spacial score (nSPS) is 12.1. The molecule has 1 heterocycles. The van der Waals surface area contributed by atoms with Crippen LogP contribution in [0.4, 0.5) is 0 Å². The molecule has 0 aliphatic heterocycles. The van der Waals surface area contributed by atoms with Crippen LogP contribution in [-0.2, 0) is 16.4 Å². The van der Waals surface area contributed by atoms with Crippen LogP contribution in [0.1, 0.15) is 36.9 Å². The minimum Gasteiger partial charge on any atom is -0.438 e. The van der Waals surface area contributed by atoms with Gasteiger partial charge >= 0.3 is 0 Å². The third-order valence-corrected chi connectivity index (χ3v) is 4.68. The standard InChI is InChI=1S/C17H22N2O4S/c1-17(2,3)19-24(21,22)15-10-9-14(23-15)16(20)18-12-11-13-7-5-4-6-8-13/h4-10,19H,11-12H2,1-3H3,(H,18,20). The van der Waals surface area contributed by atoms with E-state index in [1.807, 2.05) is 30.3 Å². The van der Waals surface area contributed by atoms with E-state index in [0.29, 0.717) is 13.0 Å². The zero-order valence-corrected chi connectivity index (χ0v) is 14.8. The van der Waals surface area contributed by atoms with Crippen molar-refractivity contribution in [2.75, 3.05) is 6.54 Å². The van der Waals surface area contributed by atoms with Gasteiger partial charge in [0.1, 0.15) is 0 Å². The number of benzene rings is 1. The fraction of sp³-hybridized carbons (Fsp3) is 0.353. The maximum atomic E-state index is 12.1. The second-order valence-electron chi connectivity index (χ2n) is 6.47. The summed E-state index contributed by atoms with van der Waals surface area (Å²) < 4.78 is 32.0. The summed E-state index contributed by atoms with van der Waals surface area (Å²) in [6, 6.07) is 12.4. The highest BCUT2D eigenvalue weighted by molar-refractivity contribution is 7.89. The Morgan fingerprint density at radius 1 is 1.08 bits per heavy atom. The lowest BCUT2D eigenvalue weighted by Gasteiger charge is -2.18. The van der Waals surface area contributed by atoms with Crippen molar-refractivity contribution < 1.29 is 17.6 Å². The van der Waals surface area contributed by atoms with Crippen molar-refractivity contribution in [2.24, 2.45) is 0 Å². The average Bonchev–Trinajstić information content (AvgIpc) is 2.96. The molecule has 1 amide bonds. The molecule has 0 saturated carbocycles. The highest BCUT2D eigenvalue weighted by atomic mass is 32.2. The average molecular weight is 350 g/mol. The molecule has 2 aromatic rings. The second-order valence-corrected chi connectivity index (χ2v) is 8.08. The lowest BCUT2D eigenvalue weighted by Crippen LogP contribution is -2.40. The topological polar surface area (TPSA) is 88.4 Å². The molecular formula is C17H22N2O4S. The summed E-state index contributed by atoms with van der Waals surface area (Å²) in [5.41, 5.74) is 0.471. The summed E-state index contributed by atoms with van der Waals surface area (Å²) >= 11 is 0. The number of hydrogen-bond donors (Lipinski definition) is 2. The van der Waals surface area contributed by atoms with E-state index in [1.54, 1.807) is 20.8 Å². The fourth-order valence-corrected chi connectivity index (χ4v) is 3.45. The van der Waals surface area contributed by atoms with Gasteiger partial charge < -0.3 is 9.73 Å². The number of amides is 1. The van der Waals surface area contributed by atoms with Gasteiger partial charge in [-0.05, 0) is 44.9 Å². The lowest BCUT2D eigenvalue weighted by atomic mass is 10.1. The van der Waals surface area contributed by atoms with Crippen LogP contribution in [0.15, 0.2) is 52.0 Å². The summed E-state index contributed by atoms with van der Waals surface area (Å²) in [7, 11) is -3.79. The summed E-state index contributed by atoms with van der Waals surface area (Å²) in [4.78, 5) is 12.0. The number of rotatable bonds is 6. The molecule has 0 aliphatic carbocycles. The van der Waals surface area contributed by atoms with Gasteiger partial charge in [-0.2, -0.15) is 0 Å². The van der Waals surface area contributed by atoms with Gasteiger partial charge in [0.15, 0.2) is 5.76 Å². The Bertz CT molecular complexity index is 789. The van der Waals surface area contributed by atoms with Crippen LogP contribution in [0.3, 0.4) is 0 Å². The zero-order valence-electron chi connectivity index (χ0n) is 14.0. The van der Waals surface area contributed by atoms with Gasteiger partial charge in [-0.15, -0.1) is 0 Å². The minimum atomic E-state index is -3.79. The number of carbonyl (C=O) groups is 1. The Morgan fingerprint density at radius 3 is 2.38 bits per heavy atom. The molecule has 2 rings (SSSR count). The first-order valence-corrected chi connectivity index (χ1v) is 9.12. The number of sulfonamides is 1. The van der Waals surface area contributed by atoms with Crippen molar-refractivity contribution in [1.82, 2.24) is 10.0 Å². The van der Waals surface area contributed by atoms with E-state index in [9.17, 15) is 13.2 Å². The number of nitrogens with one attached hydrogen (secondary N) is 2. The van der Waals surface area contributed by atoms with Gasteiger partial charge in [0.2, 0.25) is 5.09 Å². The van der Waals surface area contributed by atoms with Crippen LogP contribution in [0.25, 0.3) is 0 Å². The Hall–Kier alpha value is -2.12. The third-order valence-electron chi connectivity index (χ3n) is 3.05. The van der Waals surface area contributed by atoms with Crippen molar-refractivity contribution in [2.45, 2.75) is 37.8 Å². The molecule has 130 valence electrons. The lowest BCUT2D eigenvalue weighted by molar-refractivity contribution is 0.0921. The highest BCUT2D eigenvalue weighted by Gasteiger charge is 2.26. The van der Waals surface area contributed by atoms with Crippen LogP contribution in [-0.4, -0.2) is 26.4 Å². The molecule has 0 fully saturated rings. The van der Waals surface area contributed by atoms with Gasteiger partial charge in [0, 0.05) is 12.1 Å². The zero-order chi connectivity index (χ0) is 17.8. The summed E-state index contributed by atoms with van der Waals surface area (Å²) in [6.07, 6.45) is 0.685. The van der Waals surface area contributed by atoms with Gasteiger partial charge in [-0.25, -0.2) is 13.1 Å². The molecule has 0 aliphatic rings. The SMILES string of the molecule is CC(C)(C)NS(=O)(=O)c1ccc(C(=O)NCCc2ccccc2)o1. The molecular weight excluding hydrogens is 328 g/mol. The van der Waals surface area contributed by atoms with E-state index >= 15 is 0 Å². The van der Waals surface area contributed by atoms with Crippen LogP contribution < -0.4 is 10.0 Å². The molecule has 7 heteroatoms. The van der Waals surface area contributed by atoms with Gasteiger partial charge in [0.25, 0.3) is 15.9 Å². The summed E-state index contributed by atoms with van der Waals surface area (Å²) in [5, 5.41) is 2.44. The Balaban J connectivity index is 1.96. The fourth-order valence-electron chi connectivity index (χ4n) is 2.09. The van der Waals surface area contributed by atoms with Gasteiger partial charge in [-0.3, -0.25) is 4.79 Å². The van der Waals surface area contributed by atoms with Crippen molar-refractivity contribution in [1.29, 1.82) is 0 Å². The Kier molecular flexibility index (Phi) is 5.46. The molecule has 0 spiro atoms. The van der Waals surface area contributed by atoms with E-state index < -0.39 is 21.5 Å². The van der Waals surface area contributed by atoms with Crippen molar-refractivity contribution in [3.8, 4) is 0 Å². The Labute approximate surface area is 142 Å². The predicted molar refractivity (Wildman–Crippen MR) is 91.3 cm³/mol. The molecule has 2 N–H and O–H groups in total. The third kappa shape index (κ3) is 5.21. The maximum absolute atomic E-state index is 12.1. The van der Waals surface area contributed by atoms with Gasteiger partial charge in [0.05, 0.1) is 0 Å². The molecule has 1 aromatic heterocycles. The summed E-state index contributed by atoms with van der Waals surface area (Å²) in [5.74, 6) is -0.472. The highest BCUT2D eigenvalue weighted by Crippen LogP contribution is 2.16. The quantitative estimate of drug-likeness (QED) is 0.837. The van der Waals surface area contributed by atoms with Crippen LogP contribution in [0.2, 0.25) is 0 Å². The maximum Gasteiger partial charge on any atom is 0.287 e. The van der Waals surface area contributed by atoms with Crippen LogP contribution >= 0.6 is 0 Å². The largest absolute Gasteiger partial charge is 0.438 e. The van der Waals surface area contributed by atoms with E-state index in [1.165, 1.54) is 12.1 Å². The first kappa shape index (κ1) is 18.2. The van der Waals surface area contributed by atoms with E-state index in [2.05, 4.69) is 10.0 Å². The number of furan rings is 1. The first-order chi connectivity index (χ1) is 11.2. The second kappa shape index (κ2) is 7.19. The van der Waals surface area contributed by atoms with E-state index in [4.69, 9.17) is 4.42 Å². The molecule has 0 atom stereocenters. The molecule has 0 bridgehead atoms. The van der Waals surface area contributed by atoms with E-state index in [-0.39, 0.29) is 10.9 Å². The van der Waals surface area contributed by atoms with E-state index in [0.717, 1.165) is 5.56 Å². The van der Waals surface area contributed by atoms with Gasteiger partial charge in [-0.1, -0.05) is 30.3 Å². The molecule has 1 aromatic carbocycles. The number of hydrogen-bond acceptors (Lipinski definition) is 4. The molecule has 0 radical (unpaired) electrons. The van der Waals surface area contributed by atoms with Crippen molar-refractivity contribution >= 4 is 15.9 Å². The molecule has 0 saturated heterocycles. The molecule has 24 heavy (non-hydrogen) atoms.